The molecule has 1 aliphatic rings. The van der Waals surface area contributed by atoms with Crippen LogP contribution < -0.4 is 0 Å². The van der Waals surface area contributed by atoms with E-state index in [2.05, 4.69) is 10.1 Å². The van der Waals surface area contributed by atoms with Gasteiger partial charge in [-0.3, -0.25) is 4.79 Å². The quantitative estimate of drug-likeness (QED) is 0.467. The summed E-state index contributed by atoms with van der Waals surface area (Å²) in [5.41, 5.74) is 1.14. The van der Waals surface area contributed by atoms with Gasteiger partial charge in [-0.1, -0.05) is 5.16 Å². The number of hydrogen-bond donors (Lipinski definition) is 0. The van der Waals surface area contributed by atoms with Crippen LogP contribution in [0.15, 0.2) is 65.3 Å². The Labute approximate surface area is 166 Å². The molecule has 1 saturated heterocycles. The molecule has 1 atom stereocenters. The van der Waals surface area contributed by atoms with E-state index >= 15 is 0 Å². The fourth-order valence-electron chi connectivity index (χ4n) is 3.34. The number of benzene rings is 2. The van der Waals surface area contributed by atoms with E-state index in [4.69, 9.17) is 4.52 Å². The summed E-state index contributed by atoms with van der Waals surface area (Å²) in [4.78, 5) is 18.7. The van der Waals surface area contributed by atoms with Gasteiger partial charge in [-0.25, -0.2) is 8.78 Å². The van der Waals surface area contributed by atoms with Gasteiger partial charge >= 0.3 is 0 Å². The molecule has 0 amide bonds. The molecule has 0 unspecified atom stereocenters. The van der Waals surface area contributed by atoms with E-state index < -0.39 is 0 Å². The highest BCUT2D eigenvalue weighted by Crippen LogP contribution is 2.27. The number of nitrogens with zero attached hydrogens (tertiary/aromatic N) is 3. The van der Waals surface area contributed by atoms with Crippen LogP contribution in [0, 0.1) is 11.6 Å². The first-order valence-electron chi connectivity index (χ1n) is 9.40. The van der Waals surface area contributed by atoms with Crippen molar-refractivity contribution in [3.63, 3.8) is 0 Å². The van der Waals surface area contributed by atoms with Gasteiger partial charge < -0.3 is 9.42 Å². The SMILES string of the molecule is O=C(C=CN1CCC[C@H](c2nc(-c3ccc(F)cc3)no2)C1)c1ccc(F)cc1. The second-order valence-corrected chi connectivity index (χ2v) is 6.98. The summed E-state index contributed by atoms with van der Waals surface area (Å²) in [5.74, 6) is 0.150. The number of likely N-dealkylation sites (tertiary alicyclic amines) is 1. The lowest BCUT2D eigenvalue weighted by Gasteiger charge is -2.29. The molecular weight excluding hydrogens is 376 g/mol. The summed E-state index contributed by atoms with van der Waals surface area (Å²) in [5, 5.41) is 4.01. The molecule has 2 aromatic carbocycles. The Morgan fingerprint density at radius 3 is 2.48 bits per heavy atom. The summed E-state index contributed by atoms with van der Waals surface area (Å²) < 4.78 is 31.5. The van der Waals surface area contributed by atoms with Crippen LogP contribution in [0.4, 0.5) is 8.78 Å². The number of carbonyl (C=O) groups excluding carboxylic acids is 1. The zero-order valence-electron chi connectivity index (χ0n) is 15.6. The fraction of sp³-hybridized carbons (Fsp3) is 0.227. The number of aromatic nitrogens is 2. The second-order valence-electron chi connectivity index (χ2n) is 6.98. The Morgan fingerprint density at radius 2 is 1.76 bits per heavy atom. The first-order valence-corrected chi connectivity index (χ1v) is 9.40. The van der Waals surface area contributed by atoms with Crippen molar-refractivity contribution in [1.82, 2.24) is 15.0 Å². The number of ketones is 1. The Balaban J connectivity index is 1.41. The minimum atomic E-state index is -0.371. The molecule has 0 spiro atoms. The summed E-state index contributed by atoms with van der Waals surface area (Å²) in [6.07, 6.45) is 5.08. The van der Waals surface area contributed by atoms with Crippen molar-refractivity contribution in [3.05, 3.63) is 83.9 Å². The highest BCUT2D eigenvalue weighted by atomic mass is 19.1. The normalized spacial score (nSPS) is 17.0. The highest BCUT2D eigenvalue weighted by Gasteiger charge is 2.25. The largest absolute Gasteiger partial charge is 0.376 e. The topological polar surface area (TPSA) is 59.2 Å². The third-order valence-electron chi connectivity index (χ3n) is 4.91. The zero-order chi connectivity index (χ0) is 20.2. The summed E-state index contributed by atoms with van der Waals surface area (Å²) >= 11 is 0. The number of rotatable bonds is 5. The lowest BCUT2D eigenvalue weighted by atomic mass is 9.98. The van der Waals surface area contributed by atoms with Crippen LogP contribution in [0.1, 0.15) is 35.0 Å². The molecule has 0 aliphatic carbocycles. The zero-order valence-corrected chi connectivity index (χ0v) is 15.6. The van der Waals surface area contributed by atoms with Gasteiger partial charge in [0.25, 0.3) is 0 Å². The van der Waals surface area contributed by atoms with Gasteiger partial charge in [0.1, 0.15) is 11.6 Å². The summed E-state index contributed by atoms with van der Waals surface area (Å²) in [7, 11) is 0. The fourth-order valence-corrected chi connectivity index (χ4v) is 3.34. The second kappa shape index (κ2) is 8.34. The number of allylic oxidation sites excluding steroid dienone is 1. The minimum Gasteiger partial charge on any atom is -0.376 e. The Bertz CT molecular complexity index is 1010. The van der Waals surface area contributed by atoms with Gasteiger partial charge in [0.2, 0.25) is 11.7 Å². The molecule has 1 aliphatic heterocycles. The van der Waals surface area contributed by atoms with E-state index in [1.54, 1.807) is 18.3 Å². The van der Waals surface area contributed by atoms with Crippen molar-refractivity contribution in [2.45, 2.75) is 18.8 Å². The molecule has 5 nitrogen and oxygen atoms in total. The molecule has 4 rings (SSSR count). The van der Waals surface area contributed by atoms with E-state index in [-0.39, 0.29) is 23.3 Å². The maximum absolute atomic E-state index is 13.1. The summed E-state index contributed by atoms with van der Waals surface area (Å²) in [6, 6.07) is 11.4. The molecule has 1 fully saturated rings. The minimum absolute atomic E-state index is 0.0519. The predicted octanol–water partition coefficient (Wildman–Crippen LogP) is 4.59. The van der Waals surface area contributed by atoms with Crippen LogP contribution in [0.25, 0.3) is 11.4 Å². The Kier molecular flexibility index (Phi) is 5.46. The van der Waals surface area contributed by atoms with E-state index in [9.17, 15) is 13.6 Å². The monoisotopic (exact) mass is 395 g/mol. The number of hydrogen-bond acceptors (Lipinski definition) is 5. The van der Waals surface area contributed by atoms with Crippen molar-refractivity contribution >= 4 is 5.78 Å². The van der Waals surface area contributed by atoms with Gasteiger partial charge in [-0.05, 0) is 61.4 Å². The standard InChI is InChI=1S/C22H19F2N3O2/c23-18-7-3-15(4-8-18)20(28)11-13-27-12-1-2-17(14-27)22-25-21(26-29-22)16-5-9-19(24)10-6-16/h3-11,13,17H,1-2,12,14H2/t17-/m0/s1. The van der Waals surface area contributed by atoms with Crippen LogP contribution in [0.3, 0.4) is 0 Å². The maximum Gasteiger partial charge on any atom is 0.231 e. The maximum atomic E-state index is 13.1. The highest BCUT2D eigenvalue weighted by molar-refractivity contribution is 6.04. The van der Waals surface area contributed by atoms with Crippen molar-refractivity contribution in [3.8, 4) is 11.4 Å². The van der Waals surface area contributed by atoms with Gasteiger partial charge in [0, 0.05) is 36.5 Å². The van der Waals surface area contributed by atoms with Crippen molar-refractivity contribution in [2.24, 2.45) is 0 Å². The van der Waals surface area contributed by atoms with Crippen molar-refractivity contribution in [1.29, 1.82) is 0 Å². The van der Waals surface area contributed by atoms with Crippen LogP contribution in [0.2, 0.25) is 0 Å². The van der Waals surface area contributed by atoms with Crippen LogP contribution in [-0.2, 0) is 0 Å². The van der Waals surface area contributed by atoms with Gasteiger partial charge in [-0.2, -0.15) is 4.98 Å². The van der Waals surface area contributed by atoms with Crippen LogP contribution >= 0.6 is 0 Å². The van der Waals surface area contributed by atoms with Gasteiger partial charge in [-0.15, -0.1) is 0 Å². The van der Waals surface area contributed by atoms with Crippen molar-refractivity contribution < 1.29 is 18.1 Å². The smallest absolute Gasteiger partial charge is 0.231 e. The van der Waals surface area contributed by atoms with Gasteiger partial charge in [0.15, 0.2) is 5.78 Å². The molecule has 0 N–H and O–H groups in total. The molecule has 29 heavy (non-hydrogen) atoms. The van der Waals surface area contributed by atoms with E-state index in [1.807, 2.05) is 4.90 Å². The van der Waals surface area contributed by atoms with Crippen LogP contribution in [-0.4, -0.2) is 33.9 Å². The molecule has 1 aromatic heterocycles. The Hall–Kier alpha value is -3.35. The van der Waals surface area contributed by atoms with E-state index in [0.717, 1.165) is 19.4 Å². The molecule has 0 saturated carbocycles. The first-order chi connectivity index (χ1) is 14.1. The molecule has 0 radical (unpaired) electrons. The van der Waals surface area contributed by atoms with E-state index in [1.165, 1.54) is 42.5 Å². The molecule has 3 aromatic rings. The molecule has 7 heteroatoms. The lowest BCUT2D eigenvalue weighted by Crippen LogP contribution is -2.30. The molecule has 148 valence electrons. The first kappa shape index (κ1) is 19.0. The molecule has 0 bridgehead atoms. The third-order valence-corrected chi connectivity index (χ3v) is 4.91. The lowest BCUT2D eigenvalue weighted by molar-refractivity contribution is 0.104. The van der Waals surface area contributed by atoms with Crippen molar-refractivity contribution in [2.75, 3.05) is 13.1 Å². The summed E-state index contributed by atoms with van der Waals surface area (Å²) in [6.45, 7) is 1.47. The average Bonchev–Trinajstić information content (AvgIpc) is 3.24. The number of halogens is 2. The predicted molar refractivity (Wildman–Crippen MR) is 103 cm³/mol. The third kappa shape index (κ3) is 4.56. The van der Waals surface area contributed by atoms with Crippen LogP contribution in [0.5, 0.6) is 0 Å². The van der Waals surface area contributed by atoms with Gasteiger partial charge in [0.05, 0.1) is 5.92 Å². The number of piperidine rings is 1. The Morgan fingerprint density at radius 1 is 1.07 bits per heavy atom. The average molecular weight is 395 g/mol. The number of carbonyl (C=O) groups is 1. The van der Waals surface area contributed by atoms with E-state index in [0.29, 0.717) is 29.4 Å². The molecule has 2 heterocycles. The molecular formula is C22H19F2N3O2.